The smallest absolute Gasteiger partial charge is 0.328 e. The standard InChI is InChI=1S/C16H27NO2/c1-14(2,3)19-13(18)10-17-12-9-11-7-8-16(12,6)15(11,4)5/h11H,7-10H2,1-6H3/t11-,16+/m1/s1. The van der Waals surface area contributed by atoms with E-state index in [1.807, 2.05) is 20.8 Å². The summed E-state index contributed by atoms with van der Waals surface area (Å²) in [7, 11) is 0. The maximum absolute atomic E-state index is 11.8. The molecule has 2 saturated carbocycles. The molecule has 0 N–H and O–H groups in total. The molecule has 0 amide bonds. The summed E-state index contributed by atoms with van der Waals surface area (Å²) in [6, 6.07) is 0. The normalized spacial score (nSPS) is 34.8. The van der Waals surface area contributed by atoms with Crippen LogP contribution in [0.25, 0.3) is 0 Å². The van der Waals surface area contributed by atoms with Crippen molar-refractivity contribution >= 4 is 11.7 Å². The fourth-order valence-electron chi connectivity index (χ4n) is 3.70. The highest BCUT2D eigenvalue weighted by Gasteiger charge is 2.59. The van der Waals surface area contributed by atoms with E-state index in [2.05, 4.69) is 25.8 Å². The molecule has 0 heterocycles. The SMILES string of the molecule is CC(C)(C)OC(=O)CN=C1C[C@H]2CC[C@]1(C)C2(C)C. The number of rotatable bonds is 2. The molecule has 0 radical (unpaired) electrons. The van der Waals surface area contributed by atoms with Crippen molar-refractivity contribution in [2.24, 2.45) is 21.7 Å². The molecule has 0 aromatic rings. The largest absolute Gasteiger partial charge is 0.459 e. The van der Waals surface area contributed by atoms with E-state index in [1.54, 1.807) is 0 Å². The van der Waals surface area contributed by atoms with E-state index >= 15 is 0 Å². The Morgan fingerprint density at radius 3 is 2.42 bits per heavy atom. The molecule has 2 bridgehead atoms. The summed E-state index contributed by atoms with van der Waals surface area (Å²) in [5.74, 6) is 0.513. The Labute approximate surface area is 116 Å². The fraction of sp³-hybridized carbons (Fsp3) is 0.875. The number of ether oxygens (including phenoxy) is 1. The zero-order chi connectivity index (χ0) is 14.5. The van der Waals surface area contributed by atoms with Crippen molar-refractivity contribution in [2.45, 2.75) is 66.4 Å². The average Bonchev–Trinajstić information content (AvgIpc) is 2.56. The van der Waals surface area contributed by atoms with Crippen LogP contribution in [0.1, 0.15) is 60.8 Å². The third-order valence-corrected chi connectivity index (χ3v) is 5.33. The number of hydrogen-bond donors (Lipinski definition) is 0. The van der Waals surface area contributed by atoms with Gasteiger partial charge in [-0.3, -0.25) is 9.79 Å². The molecule has 19 heavy (non-hydrogen) atoms. The molecular formula is C16H27NO2. The van der Waals surface area contributed by atoms with E-state index in [0.717, 1.165) is 12.3 Å². The molecule has 0 aromatic heterocycles. The molecular weight excluding hydrogens is 238 g/mol. The molecule has 108 valence electrons. The van der Waals surface area contributed by atoms with Crippen LogP contribution in [0.15, 0.2) is 4.99 Å². The lowest BCUT2D eigenvalue weighted by Crippen LogP contribution is -2.33. The van der Waals surface area contributed by atoms with Gasteiger partial charge in [0.1, 0.15) is 12.1 Å². The van der Waals surface area contributed by atoms with Crippen LogP contribution < -0.4 is 0 Å². The predicted octanol–water partition coefficient (Wildman–Crippen LogP) is 3.62. The third-order valence-electron chi connectivity index (χ3n) is 5.33. The predicted molar refractivity (Wildman–Crippen MR) is 77.4 cm³/mol. The lowest BCUT2D eigenvalue weighted by Gasteiger charge is -2.34. The molecule has 0 unspecified atom stereocenters. The summed E-state index contributed by atoms with van der Waals surface area (Å²) in [6.07, 6.45) is 3.57. The summed E-state index contributed by atoms with van der Waals surface area (Å²) in [5, 5.41) is 0. The maximum atomic E-state index is 11.8. The van der Waals surface area contributed by atoms with Crippen LogP contribution >= 0.6 is 0 Å². The first-order valence-electron chi connectivity index (χ1n) is 7.32. The lowest BCUT2D eigenvalue weighted by molar-refractivity contribution is -0.152. The molecule has 2 aliphatic carbocycles. The lowest BCUT2D eigenvalue weighted by atomic mass is 9.70. The fourth-order valence-corrected chi connectivity index (χ4v) is 3.70. The van der Waals surface area contributed by atoms with Gasteiger partial charge >= 0.3 is 5.97 Å². The second kappa shape index (κ2) is 4.32. The van der Waals surface area contributed by atoms with Crippen LogP contribution in [-0.4, -0.2) is 23.8 Å². The Morgan fingerprint density at radius 2 is 2.00 bits per heavy atom. The van der Waals surface area contributed by atoms with E-state index in [-0.39, 0.29) is 17.9 Å². The van der Waals surface area contributed by atoms with Gasteiger partial charge in [0.15, 0.2) is 0 Å². The Balaban J connectivity index is 2.05. The molecule has 2 fully saturated rings. The highest BCUT2D eigenvalue weighted by Crippen LogP contribution is 2.63. The molecule has 2 atom stereocenters. The topological polar surface area (TPSA) is 38.7 Å². The minimum absolute atomic E-state index is 0.172. The van der Waals surface area contributed by atoms with Gasteiger partial charge in [-0.25, -0.2) is 0 Å². The van der Waals surface area contributed by atoms with Crippen molar-refractivity contribution in [1.29, 1.82) is 0 Å². The van der Waals surface area contributed by atoms with Crippen LogP contribution in [0.4, 0.5) is 0 Å². The van der Waals surface area contributed by atoms with Gasteiger partial charge in [0.2, 0.25) is 0 Å². The Bertz CT molecular complexity index is 417. The van der Waals surface area contributed by atoms with Gasteiger partial charge in [0.05, 0.1) is 0 Å². The number of fused-ring (bicyclic) bond motifs is 2. The first-order valence-corrected chi connectivity index (χ1v) is 7.32. The van der Waals surface area contributed by atoms with Gasteiger partial charge in [-0.2, -0.15) is 0 Å². The zero-order valence-corrected chi connectivity index (χ0v) is 13.2. The summed E-state index contributed by atoms with van der Waals surface area (Å²) < 4.78 is 5.32. The van der Waals surface area contributed by atoms with Gasteiger partial charge in [0, 0.05) is 11.1 Å². The van der Waals surface area contributed by atoms with Crippen molar-refractivity contribution in [3.63, 3.8) is 0 Å². The summed E-state index contributed by atoms with van der Waals surface area (Å²) in [6.45, 7) is 12.8. The third kappa shape index (κ3) is 2.44. The number of carbonyl (C=O) groups is 1. The Kier molecular flexibility index (Phi) is 3.31. The highest BCUT2D eigenvalue weighted by atomic mass is 16.6. The zero-order valence-electron chi connectivity index (χ0n) is 13.2. The van der Waals surface area contributed by atoms with Crippen LogP contribution in [0, 0.1) is 16.7 Å². The van der Waals surface area contributed by atoms with E-state index in [4.69, 9.17) is 4.74 Å². The Hall–Kier alpha value is -0.860. The van der Waals surface area contributed by atoms with Crippen molar-refractivity contribution in [3.8, 4) is 0 Å². The molecule has 0 spiro atoms. The molecule has 0 saturated heterocycles. The molecule has 3 heteroatoms. The van der Waals surface area contributed by atoms with Gasteiger partial charge in [-0.15, -0.1) is 0 Å². The minimum Gasteiger partial charge on any atom is -0.459 e. The van der Waals surface area contributed by atoms with Crippen molar-refractivity contribution in [1.82, 2.24) is 0 Å². The molecule has 2 rings (SSSR count). The molecule has 0 aliphatic heterocycles. The number of aliphatic imine (C=N–C) groups is 1. The van der Waals surface area contributed by atoms with E-state index in [9.17, 15) is 4.79 Å². The molecule has 3 nitrogen and oxygen atoms in total. The quantitative estimate of drug-likeness (QED) is 0.715. The van der Waals surface area contributed by atoms with Gasteiger partial charge < -0.3 is 4.74 Å². The van der Waals surface area contributed by atoms with Crippen LogP contribution in [0.5, 0.6) is 0 Å². The van der Waals surface area contributed by atoms with Crippen LogP contribution in [-0.2, 0) is 9.53 Å². The summed E-state index contributed by atoms with van der Waals surface area (Å²) >= 11 is 0. The Morgan fingerprint density at radius 1 is 1.37 bits per heavy atom. The number of nitrogens with zero attached hydrogens (tertiary/aromatic N) is 1. The van der Waals surface area contributed by atoms with Crippen molar-refractivity contribution < 1.29 is 9.53 Å². The molecule has 0 aromatic carbocycles. The number of esters is 1. The summed E-state index contributed by atoms with van der Waals surface area (Å²) in [5.41, 5.74) is 1.31. The maximum Gasteiger partial charge on any atom is 0.328 e. The van der Waals surface area contributed by atoms with Crippen molar-refractivity contribution in [2.75, 3.05) is 6.54 Å². The summed E-state index contributed by atoms with van der Waals surface area (Å²) in [4.78, 5) is 16.4. The van der Waals surface area contributed by atoms with Gasteiger partial charge in [0.25, 0.3) is 0 Å². The highest BCUT2D eigenvalue weighted by molar-refractivity contribution is 5.95. The van der Waals surface area contributed by atoms with E-state index < -0.39 is 5.60 Å². The van der Waals surface area contributed by atoms with Crippen molar-refractivity contribution in [3.05, 3.63) is 0 Å². The second-order valence-corrected chi connectivity index (χ2v) is 7.84. The van der Waals surface area contributed by atoms with Crippen LogP contribution in [0.2, 0.25) is 0 Å². The van der Waals surface area contributed by atoms with Crippen LogP contribution in [0.3, 0.4) is 0 Å². The van der Waals surface area contributed by atoms with Gasteiger partial charge in [-0.05, 0) is 51.4 Å². The monoisotopic (exact) mass is 265 g/mol. The second-order valence-electron chi connectivity index (χ2n) is 7.84. The first kappa shape index (κ1) is 14.5. The van der Waals surface area contributed by atoms with E-state index in [1.165, 1.54) is 18.6 Å². The van der Waals surface area contributed by atoms with Gasteiger partial charge in [-0.1, -0.05) is 20.8 Å². The minimum atomic E-state index is -0.422. The number of carbonyl (C=O) groups excluding carboxylic acids is 1. The van der Waals surface area contributed by atoms with E-state index in [0.29, 0.717) is 5.41 Å². The number of hydrogen-bond acceptors (Lipinski definition) is 3. The molecule has 2 aliphatic rings. The first-order chi connectivity index (χ1) is 8.56. The average molecular weight is 265 g/mol.